The molecule has 3 aliphatic heterocycles. The number of carbonyl (C=O) groups excluding carboxylic acids is 1. The Hall–Kier alpha value is -2.73. The Bertz CT molecular complexity index is 831. The van der Waals surface area contributed by atoms with Crippen molar-refractivity contribution in [1.82, 2.24) is 4.90 Å². The van der Waals surface area contributed by atoms with E-state index in [1.54, 1.807) is 0 Å². The predicted molar refractivity (Wildman–Crippen MR) is 101 cm³/mol. The first-order valence-corrected chi connectivity index (χ1v) is 9.76. The third-order valence-corrected chi connectivity index (χ3v) is 5.53. The zero-order chi connectivity index (χ0) is 18.9. The average molecular weight is 381 g/mol. The van der Waals surface area contributed by atoms with Gasteiger partial charge in [0.25, 0.3) is 0 Å². The number of amides is 1. The Morgan fingerprint density at radius 3 is 2.54 bits per heavy atom. The smallest absolute Gasteiger partial charge is 0.231 e. The van der Waals surface area contributed by atoms with Gasteiger partial charge in [-0.25, -0.2) is 0 Å². The summed E-state index contributed by atoms with van der Waals surface area (Å²) in [6.07, 6.45) is 1.71. The van der Waals surface area contributed by atoms with Gasteiger partial charge < -0.3 is 23.8 Å². The highest BCUT2D eigenvalue weighted by Crippen LogP contribution is 2.33. The fourth-order valence-electron chi connectivity index (χ4n) is 4.02. The van der Waals surface area contributed by atoms with Crippen LogP contribution in [0.2, 0.25) is 0 Å². The maximum absolute atomic E-state index is 13.2. The zero-order valence-corrected chi connectivity index (χ0v) is 15.7. The van der Waals surface area contributed by atoms with Gasteiger partial charge >= 0.3 is 0 Å². The van der Waals surface area contributed by atoms with Gasteiger partial charge in [-0.2, -0.15) is 0 Å². The number of carbonyl (C=O) groups is 1. The molecule has 1 amide bonds. The zero-order valence-electron chi connectivity index (χ0n) is 15.7. The molecule has 6 nitrogen and oxygen atoms in total. The highest BCUT2D eigenvalue weighted by Gasteiger charge is 2.29. The Morgan fingerprint density at radius 1 is 0.929 bits per heavy atom. The van der Waals surface area contributed by atoms with Gasteiger partial charge in [0.05, 0.1) is 19.1 Å². The van der Waals surface area contributed by atoms with Crippen molar-refractivity contribution in [3.05, 3.63) is 53.1 Å². The summed E-state index contributed by atoms with van der Waals surface area (Å²) >= 11 is 0. The second-order valence-corrected chi connectivity index (χ2v) is 7.48. The van der Waals surface area contributed by atoms with Crippen LogP contribution in [-0.4, -0.2) is 37.4 Å². The molecule has 0 aromatic heterocycles. The molecule has 2 aromatic carbocycles. The fourth-order valence-corrected chi connectivity index (χ4v) is 4.02. The van der Waals surface area contributed by atoms with E-state index in [0.29, 0.717) is 26.3 Å². The highest BCUT2D eigenvalue weighted by molar-refractivity contribution is 5.79. The molecule has 0 N–H and O–H groups in total. The molecule has 1 fully saturated rings. The van der Waals surface area contributed by atoms with Gasteiger partial charge in [0.2, 0.25) is 12.7 Å². The van der Waals surface area contributed by atoms with Crippen LogP contribution in [0.15, 0.2) is 36.4 Å². The summed E-state index contributed by atoms with van der Waals surface area (Å²) in [7, 11) is 0. The van der Waals surface area contributed by atoms with Gasteiger partial charge in [-0.05, 0) is 41.3 Å². The van der Waals surface area contributed by atoms with Crippen molar-refractivity contribution >= 4 is 5.91 Å². The summed E-state index contributed by atoms with van der Waals surface area (Å²) < 4.78 is 21.9. The van der Waals surface area contributed by atoms with Crippen LogP contribution in [0, 0.1) is 5.92 Å². The number of nitrogens with zero attached hydrogens (tertiary/aromatic N) is 1. The number of hydrogen-bond acceptors (Lipinski definition) is 5. The number of hydrogen-bond donors (Lipinski definition) is 0. The maximum atomic E-state index is 13.2. The average Bonchev–Trinajstić information content (AvgIpc) is 3.47. The molecular weight excluding hydrogens is 358 g/mol. The lowest BCUT2D eigenvalue weighted by Gasteiger charge is -2.26. The van der Waals surface area contributed by atoms with Crippen molar-refractivity contribution in [2.24, 2.45) is 5.92 Å². The lowest BCUT2D eigenvalue weighted by molar-refractivity contribution is -0.136. The van der Waals surface area contributed by atoms with Crippen molar-refractivity contribution < 1.29 is 23.7 Å². The normalized spacial score (nSPS) is 19.4. The highest BCUT2D eigenvalue weighted by atomic mass is 16.7. The summed E-state index contributed by atoms with van der Waals surface area (Å²) in [4.78, 5) is 15.1. The summed E-state index contributed by atoms with van der Waals surface area (Å²) in [6.45, 7) is 3.24. The molecule has 0 saturated carbocycles. The molecule has 1 atom stereocenters. The van der Waals surface area contributed by atoms with Crippen LogP contribution in [0.25, 0.3) is 0 Å². The summed E-state index contributed by atoms with van der Waals surface area (Å²) in [5, 5.41) is 0. The first-order valence-electron chi connectivity index (χ1n) is 9.76. The predicted octanol–water partition coefficient (Wildman–Crippen LogP) is 2.92. The molecule has 28 heavy (non-hydrogen) atoms. The molecule has 0 spiro atoms. The topological polar surface area (TPSA) is 57.2 Å². The lowest BCUT2D eigenvalue weighted by Crippen LogP contribution is -2.35. The van der Waals surface area contributed by atoms with E-state index in [-0.39, 0.29) is 18.6 Å². The second kappa shape index (κ2) is 7.36. The minimum atomic E-state index is -0.0632. The largest absolute Gasteiger partial charge is 0.493 e. The van der Waals surface area contributed by atoms with Gasteiger partial charge in [0.15, 0.2) is 11.5 Å². The van der Waals surface area contributed by atoms with Crippen LogP contribution in [0.3, 0.4) is 0 Å². The van der Waals surface area contributed by atoms with E-state index in [9.17, 15) is 4.79 Å². The van der Waals surface area contributed by atoms with Crippen LogP contribution in [0.5, 0.6) is 17.2 Å². The van der Waals surface area contributed by atoms with Crippen molar-refractivity contribution in [3.63, 3.8) is 0 Å². The third kappa shape index (κ3) is 3.40. The molecule has 1 saturated heterocycles. The minimum Gasteiger partial charge on any atom is -0.493 e. The summed E-state index contributed by atoms with van der Waals surface area (Å²) in [5.41, 5.74) is 3.37. The van der Waals surface area contributed by atoms with Crippen molar-refractivity contribution in [2.45, 2.75) is 25.9 Å². The molecule has 2 aromatic rings. The van der Waals surface area contributed by atoms with E-state index < -0.39 is 0 Å². The fraction of sp³-hybridized carbons (Fsp3) is 0.409. The molecule has 3 aliphatic rings. The Kier molecular flexibility index (Phi) is 4.56. The maximum Gasteiger partial charge on any atom is 0.231 e. The second-order valence-electron chi connectivity index (χ2n) is 7.48. The molecule has 3 heterocycles. The first kappa shape index (κ1) is 17.4. The monoisotopic (exact) mass is 381 g/mol. The quantitative estimate of drug-likeness (QED) is 0.797. The van der Waals surface area contributed by atoms with Crippen LogP contribution < -0.4 is 14.2 Å². The Morgan fingerprint density at radius 2 is 1.71 bits per heavy atom. The van der Waals surface area contributed by atoms with Gasteiger partial charge in [0, 0.05) is 26.1 Å². The van der Waals surface area contributed by atoms with Crippen molar-refractivity contribution in [2.75, 3.05) is 26.6 Å². The number of ether oxygens (including phenoxy) is 4. The number of fused-ring (bicyclic) bond motifs is 2. The van der Waals surface area contributed by atoms with Crippen molar-refractivity contribution in [1.29, 1.82) is 0 Å². The van der Waals surface area contributed by atoms with Crippen LogP contribution >= 0.6 is 0 Å². The number of rotatable bonds is 5. The van der Waals surface area contributed by atoms with E-state index in [2.05, 4.69) is 12.1 Å². The molecule has 0 radical (unpaired) electrons. The van der Waals surface area contributed by atoms with Gasteiger partial charge in [-0.15, -0.1) is 0 Å². The minimum absolute atomic E-state index is 0.0632. The van der Waals surface area contributed by atoms with E-state index in [0.717, 1.165) is 47.8 Å². The van der Waals surface area contributed by atoms with E-state index in [4.69, 9.17) is 18.9 Å². The van der Waals surface area contributed by atoms with Crippen LogP contribution in [0.1, 0.15) is 23.1 Å². The van der Waals surface area contributed by atoms with E-state index >= 15 is 0 Å². The Balaban J connectivity index is 1.38. The molecule has 0 unspecified atom stereocenters. The number of benzene rings is 2. The Labute approximate surface area is 163 Å². The van der Waals surface area contributed by atoms with E-state index in [1.165, 1.54) is 5.56 Å². The summed E-state index contributed by atoms with van der Waals surface area (Å²) in [5.74, 6) is 2.54. The van der Waals surface area contributed by atoms with Crippen molar-refractivity contribution in [3.8, 4) is 17.2 Å². The molecule has 5 rings (SSSR count). The lowest BCUT2D eigenvalue weighted by atomic mass is 10.0. The van der Waals surface area contributed by atoms with Gasteiger partial charge in [-0.1, -0.05) is 18.2 Å². The third-order valence-electron chi connectivity index (χ3n) is 5.53. The molecule has 0 aliphatic carbocycles. The standard InChI is InChI=1S/C22H23NO5/c24-22(18-5-7-25-13-18)23(11-15-1-3-19-17(9-15)6-8-26-19)12-16-2-4-20-21(10-16)28-14-27-20/h1-4,9-10,18H,5-8,11-14H2/t18-/m0/s1. The molecule has 0 bridgehead atoms. The van der Waals surface area contributed by atoms with Crippen LogP contribution in [-0.2, 0) is 29.0 Å². The van der Waals surface area contributed by atoms with Crippen LogP contribution in [0.4, 0.5) is 0 Å². The molecule has 6 heteroatoms. The molecular formula is C22H23NO5. The molecule has 146 valence electrons. The first-order chi connectivity index (χ1) is 13.8. The SMILES string of the molecule is O=C([C@H]1CCOC1)N(Cc1ccc2c(c1)CCO2)Cc1ccc2c(c1)OCO2. The summed E-state index contributed by atoms with van der Waals surface area (Å²) in [6, 6.07) is 12.1. The van der Waals surface area contributed by atoms with Gasteiger partial charge in [0.1, 0.15) is 5.75 Å². The van der Waals surface area contributed by atoms with E-state index in [1.807, 2.05) is 29.2 Å². The van der Waals surface area contributed by atoms with Gasteiger partial charge in [-0.3, -0.25) is 4.79 Å².